The zero-order chi connectivity index (χ0) is 13.7. The van der Waals surface area contributed by atoms with Gasteiger partial charge in [0, 0.05) is 34.4 Å². The molecule has 0 bridgehead atoms. The Hall–Kier alpha value is -0.940. The highest BCUT2D eigenvalue weighted by molar-refractivity contribution is 7.99. The molecule has 2 rings (SSSR count). The third-order valence-corrected chi connectivity index (χ3v) is 3.70. The van der Waals surface area contributed by atoms with Crippen LogP contribution < -0.4 is 0 Å². The summed E-state index contributed by atoms with van der Waals surface area (Å²) in [7, 11) is 0. The summed E-state index contributed by atoms with van der Waals surface area (Å²) in [5.74, 6) is 0.711. The van der Waals surface area contributed by atoms with E-state index in [1.807, 2.05) is 23.0 Å². The van der Waals surface area contributed by atoms with E-state index in [4.69, 9.17) is 28.3 Å². The average molecular weight is 315 g/mol. The molecule has 1 N–H and O–H groups in total. The standard InChI is InChI=1S/C13H12Cl2N2OS/c14-11-1-2-12(13(15)5-11)10(7-19-9-18)6-17-4-3-16-8-17/h1-6,8,18H,7,9H2. The van der Waals surface area contributed by atoms with Crippen molar-refractivity contribution < 1.29 is 5.11 Å². The SMILES string of the molecule is OCSCC(=Cn1ccnc1)c1ccc(Cl)cc1Cl. The van der Waals surface area contributed by atoms with Gasteiger partial charge in [-0.2, -0.15) is 0 Å². The van der Waals surface area contributed by atoms with Crippen LogP contribution in [0.1, 0.15) is 5.56 Å². The minimum absolute atomic E-state index is 0.0620. The summed E-state index contributed by atoms with van der Waals surface area (Å²) in [4.78, 5) is 3.99. The van der Waals surface area contributed by atoms with E-state index in [-0.39, 0.29) is 5.94 Å². The molecule has 0 saturated carbocycles. The lowest BCUT2D eigenvalue weighted by atomic mass is 10.1. The van der Waals surface area contributed by atoms with E-state index in [1.165, 1.54) is 11.8 Å². The molecule has 0 aliphatic carbocycles. The minimum atomic E-state index is 0.0620. The summed E-state index contributed by atoms with van der Waals surface area (Å²) in [6.07, 6.45) is 7.18. The summed E-state index contributed by atoms with van der Waals surface area (Å²) in [5, 5.41) is 10.2. The molecule has 0 aliphatic rings. The quantitative estimate of drug-likeness (QED) is 0.851. The number of imidazole rings is 1. The lowest BCUT2D eigenvalue weighted by Gasteiger charge is -2.10. The van der Waals surface area contributed by atoms with E-state index in [1.54, 1.807) is 24.7 Å². The molecule has 1 heterocycles. The van der Waals surface area contributed by atoms with Crippen LogP contribution in [0.25, 0.3) is 11.8 Å². The van der Waals surface area contributed by atoms with Gasteiger partial charge in [-0.15, -0.1) is 11.8 Å². The number of aliphatic hydroxyl groups is 1. The van der Waals surface area contributed by atoms with Crippen LogP contribution in [0.15, 0.2) is 36.9 Å². The number of nitrogens with zero attached hydrogens (tertiary/aromatic N) is 2. The summed E-state index contributed by atoms with van der Waals surface area (Å²) in [5.41, 5.74) is 1.90. The van der Waals surface area contributed by atoms with Crippen LogP contribution in [0.3, 0.4) is 0 Å². The molecule has 2 aromatic rings. The number of aromatic nitrogens is 2. The van der Waals surface area contributed by atoms with Crippen molar-refractivity contribution in [1.82, 2.24) is 9.55 Å². The fourth-order valence-corrected chi connectivity index (χ4v) is 2.69. The van der Waals surface area contributed by atoms with Gasteiger partial charge in [0.2, 0.25) is 0 Å². The summed E-state index contributed by atoms with van der Waals surface area (Å²) in [6, 6.07) is 5.39. The van der Waals surface area contributed by atoms with Crippen LogP contribution in [-0.4, -0.2) is 26.3 Å². The smallest absolute Gasteiger partial charge is 0.0986 e. The summed E-state index contributed by atoms with van der Waals surface area (Å²) < 4.78 is 1.85. The van der Waals surface area contributed by atoms with Crippen LogP contribution >= 0.6 is 35.0 Å². The van der Waals surface area contributed by atoms with Gasteiger partial charge in [-0.05, 0) is 23.3 Å². The van der Waals surface area contributed by atoms with Crippen molar-refractivity contribution in [1.29, 1.82) is 0 Å². The fourth-order valence-electron chi connectivity index (χ4n) is 1.62. The lowest BCUT2D eigenvalue weighted by molar-refractivity contribution is 0.375. The third kappa shape index (κ3) is 4.01. The van der Waals surface area contributed by atoms with Crippen molar-refractivity contribution in [2.24, 2.45) is 0 Å². The molecule has 1 aromatic carbocycles. The van der Waals surface area contributed by atoms with E-state index in [0.717, 1.165) is 11.1 Å². The van der Waals surface area contributed by atoms with E-state index < -0.39 is 0 Å². The number of benzene rings is 1. The molecule has 6 heteroatoms. The molecule has 0 amide bonds. The normalized spacial score (nSPS) is 11.8. The maximum absolute atomic E-state index is 8.96. The van der Waals surface area contributed by atoms with E-state index in [9.17, 15) is 0 Å². The summed E-state index contributed by atoms with van der Waals surface area (Å²) in [6.45, 7) is 0. The highest BCUT2D eigenvalue weighted by Gasteiger charge is 2.08. The molecular weight excluding hydrogens is 303 g/mol. The van der Waals surface area contributed by atoms with Crippen LogP contribution in [-0.2, 0) is 0 Å². The molecule has 0 radical (unpaired) electrons. The second-order valence-electron chi connectivity index (χ2n) is 3.77. The Morgan fingerprint density at radius 1 is 1.42 bits per heavy atom. The van der Waals surface area contributed by atoms with Crippen molar-refractivity contribution in [2.45, 2.75) is 0 Å². The van der Waals surface area contributed by atoms with Crippen molar-refractivity contribution in [3.05, 3.63) is 52.5 Å². The minimum Gasteiger partial charge on any atom is -0.386 e. The van der Waals surface area contributed by atoms with E-state index in [2.05, 4.69) is 4.98 Å². The first-order chi connectivity index (χ1) is 9.20. The molecule has 0 saturated heterocycles. The van der Waals surface area contributed by atoms with Gasteiger partial charge < -0.3 is 9.67 Å². The number of halogens is 2. The maximum atomic E-state index is 8.96. The Labute approximate surface area is 125 Å². The Morgan fingerprint density at radius 2 is 2.26 bits per heavy atom. The van der Waals surface area contributed by atoms with Crippen molar-refractivity contribution in [2.75, 3.05) is 11.7 Å². The number of aliphatic hydroxyl groups excluding tert-OH is 1. The Morgan fingerprint density at radius 3 is 2.89 bits per heavy atom. The lowest BCUT2D eigenvalue weighted by Crippen LogP contribution is -1.94. The van der Waals surface area contributed by atoms with Gasteiger partial charge in [-0.25, -0.2) is 4.98 Å². The van der Waals surface area contributed by atoms with Crippen LogP contribution in [0.4, 0.5) is 0 Å². The molecule has 0 atom stereocenters. The van der Waals surface area contributed by atoms with Crippen molar-refractivity contribution in [3.63, 3.8) is 0 Å². The third-order valence-electron chi connectivity index (χ3n) is 2.46. The van der Waals surface area contributed by atoms with Gasteiger partial charge in [0.1, 0.15) is 0 Å². The summed E-state index contributed by atoms with van der Waals surface area (Å²) >= 11 is 13.5. The van der Waals surface area contributed by atoms with Gasteiger partial charge in [0.15, 0.2) is 0 Å². The number of hydrogen-bond donors (Lipinski definition) is 1. The van der Waals surface area contributed by atoms with Gasteiger partial charge in [0.25, 0.3) is 0 Å². The predicted octanol–water partition coefficient (Wildman–Crippen LogP) is 3.87. The van der Waals surface area contributed by atoms with Gasteiger partial charge in [-0.3, -0.25) is 0 Å². The molecule has 1 aromatic heterocycles. The molecule has 0 spiro atoms. The highest BCUT2D eigenvalue weighted by atomic mass is 35.5. The molecule has 19 heavy (non-hydrogen) atoms. The van der Waals surface area contributed by atoms with Gasteiger partial charge >= 0.3 is 0 Å². The van der Waals surface area contributed by atoms with E-state index >= 15 is 0 Å². The molecule has 100 valence electrons. The number of rotatable bonds is 5. The second kappa shape index (κ2) is 7.01. The highest BCUT2D eigenvalue weighted by Crippen LogP contribution is 2.29. The van der Waals surface area contributed by atoms with E-state index in [0.29, 0.717) is 15.8 Å². The molecule has 0 aliphatic heterocycles. The maximum Gasteiger partial charge on any atom is 0.0986 e. The average Bonchev–Trinajstić information content (AvgIpc) is 2.88. The van der Waals surface area contributed by atoms with Crippen LogP contribution in [0, 0.1) is 0 Å². The Balaban J connectivity index is 2.36. The molecule has 0 unspecified atom stereocenters. The fraction of sp³-hybridized carbons (Fsp3) is 0.154. The topological polar surface area (TPSA) is 38.0 Å². The first-order valence-electron chi connectivity index (χ1n) is 5.53. The zero-order valence-electron chi connectivity index (χ0n) is 9.96. The van der Waals surface area contributed by atoms with Crippen molar-refractivity contribution >= 4 is 46.7 Å². The molecule has 0 fully saturated rings. The molecule has 3 nitrogen and oxygen atoms in total. The van der Waals surface area contributed by atoms with Gasteiger partial charge in [0.05, 0.1) is 12.3 Å². The Bertz CT molecular complexity index is 570. The zero-order valence-corrected chi connectivity index (χ0v) is 12.3. The second-order valence-corrected chi connectivity index (χ2v) is 5.56. The van der Waals surface area contributed by atoms with Crippen LogP contribution in [0.2, 0.25) is 10.0 Å². The largest absolute Gasteiger partial charge is 0.386 e. The van der Waals surface area contributed by atoms with Gasteiger partial charge in [-0.1, -0.05) is 29.3 Å². The first-order valence-corrected chi connectivity index (χ1v) is 7.44. The first kappa shape index (κ1) is 14.5. The Kier molecular flexibility index (Phi) is 5.34. The predicted molar refractivity (Wildman–Crippen MR) is 82.4 cm³/mol. The van der Waals surface area contributed by atoms with Crippen molar-refractivity contribution in [3.8, 4) is 0 Å². The monoisotopic (exact) mass is 314 g/mol. The molecular formula is C13H12Cl2N2OS. The number of hydrogen-bond acceptors (Lipinski definition) is 3. The van der Waals surface area contributed by atoms with Crippen LogP contribution in [0.5, 0.6) is 0 Å². The number of thioether (sulfide) groups is 1.